The van der Waals surface area contributed by atoms with E-state index in [2.05, 4.69) is 9.97 Å². The summed E-state index contributed by atoms with van der Waals surface area (Å²) in [6.45, 7) is -0.400. The minimum absolute atomic E-state index is 0.0270. The number of anilines is 2. The number of H-pyrrole nitrogens is 1. The zero-order valence-electron chi connectivity index (χ0n) is 18.2. The number of carbonyl (C=O) groups is 2. The van der Waals surface area contributed by atoms with Gasteiger partial charge < -0.3 is 14.5 Å². The highest BCUT2D eigenvalue weighted by atomic mass is 19.4. The van der Waals surface area contributed by atoms with Gasteiger partial charge in [0.15, 0.2) is 11.5 Å². The second-order valence-electron chi connectivity index (χ2n) is 7.63. The van der Waals surface area contributed by atoms with Gasteiger partial charge in [0.1, 0.15) is 17.9 Å². The number of amides is 3. The van der Waals surface area contributed by atoms with Gasteiger partial charge in [0.05, 0.1) is 23.7 Å². The van der Waals surface area contributed by atoms with Crippen LogP contribution in [0.25, 0.3) is 11.0 Å². The molecular formula is C24H17F3N4O4. The van der Waals surface area contributed by atoms with Crippen LogP contribution in [0.3, 0.4) is 0 Å². The largest absolute Gasteiger partial charge is 0.493 e. The SMILES string of the molecule is COc1cc(N2C(=O)CN(c3cccc(C(F)(F)F)c3)C2=O)ccc1Oc1ccnc2[nH]ccc12. The van der Waals surface area contributed by atoms with Gasteiger partial charge in [-0.3, -0.25) is 9.69 Å². The number of alkyl halides is 3. The molecule has 2 aromatic heterocycles. The Balaban J connectivity index is 1.44. The first-order chi connectivity index (χ1) is 16.8. The van der Waals surface area contributed by atoms with E-state index in [4.69, 9.17) is 9.47 Å². The molecule has 2 aromatic carbocycles. The molecule has 1 aliphatic heterocycles. The summed E-state index contributed by atoms with van der Waals surface area (Å²) in [5.41, 5.74) is -0.105. The lowest BCUT2D eigenvalue weighted by Crippen LogP contribution is -2.33. The Hall–Kier alpha value is -4.54. The van der Waals surface area contributed by atoms with Crippen molar-refractivity contribution in [2.45, 2.75) is 6.18 Å². The van der Waals surface area contributed by atoms with E-state index in [0.717, 1.165) is 27.3 Å². The number of imide groups is 1. The lowest BCUT2D eigenvalue weighted by Gasteiger charge is -2.19. The van der Waals surface area contributed by atoms with Gasteiger partial charge in [0, 0.05) is 24.1 Å². The maximum absolute atomic E-state index is 13.1. The molecule has 1 fully saturated rings. The van der Waals surface area contributed by atoms with Gasteiger partial charge >= 0.3 is 12.2 Å². The van der Waals surface area contributed by atoms with E-state index in [1.807, 2.05) is 6.07 Å². The van der Waals surface area contributed by atoms with E-state index < -0.39 is 30.2 Å². The molecular weight excluding hydrogens is 465 g/mol. The lowest BCUT2D eigenvalue weighted by molar-refractivity contribution is -0.137. The minimum atomic E-state index is -4.58. The van der Waals surface area contributed by atoms with E-state index >= 15 is 0 Å². The Morgan fingerprint density at radius 2 is 1.80 bits per heavy atom. The van der Waals surface area contributed by atoms with Gasteiger partial charge in [-0.05, 0) is 42.5 Å². The number of methoxy groups -OCH3 is 1. The number of benzene rings is 2. The molecule has 1 aliphatic rings. The number of rotatable bonds is 5. The second kappa shape index (κ2) is 8.35. The van der Waals surface area contributed by atoms with Crippen molar-refractivity contribution in [1.29, 1.82) is 0 Å². The molecule has 4 aromatic rings. The molecule has 0 unspecified atom stereocenters. The van der Waals surface area contributed by atoms with Crippen molar-refractivity contribution < 1.29 is 32.2 Å². The first-order valence-corrected chi connectivity index (χ1v) is 10.4. The van der Waals surface area contributed by atoms with Crippen molar-refractivity contribution in [3.8, 4) is 17.2 Å². The number of ether oxygens (including phenoxy) is 2. The van der Waals surface area contributed by atoms with E-state index in [1.54, 1.807) is 24.5 Å². The number of aromatic nitrogens is 2. The molecule has 3 amide bonds. The summed E-state index contributed by atoms with van der Waals surface area (Å²) >= 11 is 0. The lowest BCUT2D eigenvalue weighted by atomic mass is 10.2. The molecule has 178 valence electrons. The van der Waals surface area contributed by atoms with Crippen LogP contribution in [0.15, 0.2) is 67.0 Å². The molecule has 11 heteroatoms. The molecule has 0 saturated carbocycles. The predicted octanol–water partition coefficient (Wildman–Crippen LogP) is 5.36. The minimum Gasteiger partial charge on any atom is -0.493 e. The van der Waals surface area contributed by atoms with Crippen LogP contribution in [-0.4, -0.2) is 35.6 Å². The standard InChI is InChI=1S/C24H17F3N4O4/c1-34-20-12-16(5-6-19(20)35-18-8-10-29-22-17(18)7-9-28-22)31-21(32)13-30(23(31)33)15-4-2-3-14(11-15)24(25,26)27/h2-12H,13H2,1H3,(H,28,29). The van der Waals surface area contributed by atoms with Crippen LogP contribution >= 0.6 is 0 Å². The van der Waals surface area contributed by atoms with Gasteiger partial charge in [-0.2, -0.15) is 13.2 Å². The zero-order chi connectivity index (χ0) is 24.7. The Morgan fingerprint density at radius 3 is 2.57 bits per heavy atom. The molecule has 1 N–H and O–H groups in total. The van der Waals surface area contributed by atoms with E-state index in [0.29, 0.717) is 17.1 Å². The molecule has 0 bridgehead atoms. The topological polar surface area (TPSA) is 87.8 Å². The van der Waals surface area contributed by atoms with Crippen molar-refractivity contribution >= 4 is 34.3 Å². The number of aromatic amines is 1. The van der Waals surface area contributed by atoms with E-state index in [9.17, 15) is 22.8 Å². The summed E-state index contributed by atoms with van der Waals surface area (Å²) in [6, 6.07) is 11.5. The fourth-order valence-corrected chi connectivity index (χ4v) is 3.83. The van der Waals surface area contributed by atoms with E-state index in [-0.39, 0.29) is 17.1 Å². The number of carbonyl (C=O) groups excluding carboxylic acids is 2. The average Bonchev–Trinajstić information content (AvgIpc) is 3.43. The third-order valence-electron chi connectivity index (χ3n) is 5.50. The number of halogens is 3. The third-order valence-corrected chi connectivity index (χ3v) is 5.50. The maximum Gasteiger partial charge on any atom is 0.416 e. The van der Waals surface area contributed by atoms with Crippen molar-refractivity contribution in [2.75, 3.05) is 23.5 Å². The number of nitrogens with zero attached hydrogens (tertiary/aromatic N) is 3. The molecule has 1 saturated heterocycles. The monoisotopic (exact) mass is 482 g/mol. The number of pyridine rings is 1. The summed E-state index contributed by atoms with van der Waals surface area (Å²) in [6.07, 6.45) is -1.27. The van der Waals surface area contributed by atoms with Crippen molar-refractivity contribution in [1.82, 2.24) is 9.97 Å². The van der Waals surface area contributed by atoms with Gasteiger partial charge in [0.2, 0.25) is 0 Å². The number of hydrogen-bond donors (Lipinski definition) is 1. The van der Waals surface area contributed by atoms with Crippen molar-refractivity contribution in [3.05, 3.63) is 72.6 Å². The fraction of sp³-hybridized carbons (Fsp3) is 0.125. The van der Waals surface area contributed by atoms with Crippen LogP contribution in [-0.2, 0) is 11.0 Å². The molecule has 35 heavy (non-hydrogen) atoms. The zero-order valence-corrected chi connectivity index (χ0v) is 18.2. The Labute approximate surface area is 196 Å². The van der Waals surface area contributed by atoms with E-state index in [1.165, 1.54) is 31.4 Å². The van der Waals surface area contributed by atoms with Gasteiger partial charge in [-0.15, -0.1) is 0 Å². The quantitative estimate of drug-likeness (QED) is 0.387. The van der Waals surface area contributed by atoms with Crippen LogP contribution < -0.4 is 19.3 Å². The highest BCUT2D eigenvalue weighted by molar-refractivity contribution is 6.27. The van der Waals surface area contributed by atoms with Gasteiger partial charge in [-0.1, -0.05) is 6.07 Å². The molecule has 0 spiro atoms. The van der Waals surface area contributed by atoms with Crippen LogP contribution in [0.1, 0.15) is 5.56 Å². The van der Waals surface area contributed by atoms with Crippen LogP contribution in [0, 0.1) is 0 Å². The van der Waals surface area contributed by atoms with Crippen molar-refractivity contribution in [2.24, 2.45) is 0 Å². The molecule has 8 nitrogen and oxygen atoms in total. The summed E-state index contributed by atoms with van der Waals surface area (Å²) < 4.78 is 50.7. The predicted molar refractivity (Wildman–Crippen MR) is 121 cm³/mol. The number of urea groups is 1. The third kappa shape index (κ3) is 4.01. The maximum atomic E-state index is 13.1. The smallest absolute Gasteiger partial charge is 0.416 e. The van der Waals surface area contributed by atoms with Crippen LogP contribution in [0.5, 0.6) is 17.2 Å². The normalized spacial score (nSPS) is 14.2. The molecule has 0 atom stereocenters. The van der Waals surface area contributed by atoms with Crippen LogP contribution in [0.2, 0.25) is 0 Å². The highest BCUT2D eigenvalue weighted by Crippen LogP contribution is 2.39. The number of nitrogens with one attached hydrogen (secondary N) is 1. The molecule has 3 heterocycles. The number of hydrogen-bond acceptors (Lipinski definition) is 5. The van der Waals surface area contributed by atoms with Crippen LogP contribution in [0.4, 0.5) is 29.3 Å². The molecule has 0 aliphatic carbocycles. The molecule has 5 rings (SSSR count). The van der Waals surface area contributed by atoms with Gasteiger partial charge in [0.25, 0.3) is 5.91 Å². The summed E-state index contributed by atoms with van der Waals surface area (Å²) in [5.74, 6) is 0.512. The second-order valence-corrected chi connectivity index (χ2v) is 7.63. The fourth-order valence-electron chi connectivity index (χ4n) is 3.83. The Bertz CT molecular complexity index is 1450. The summed E-state index contributed by atoms with van der Waals surface area (Å²) in [7, 11) is 1.41. The number of fused-ring (bicyclic) bond motifs is 1. The Morgan fingerprint density at radius 1 is 0.971 bits per heavy atom. The average molecular weight is 482 g/mol. The summed E-state index contributed by atoms with van der Waals surface area (Å²) in [5, 5.41) is 0.750. The summed E-state index contributed by atoms with van der Waals surface area (Å²) in [4.78, 5) is 34.8. The van der Waals surface area contributed by atoms with Crippen molar-refractivity contribution in [3.63, 3.8) is 0 Å². The highest BCUT2D eigenvalue weighted by Gasteiger charge is 2.39. The first kappa shape index (κ1) is 22.3. The Kier molecular flexibility index (Phi) is 5.31. The first-order valence-electron chi connectivity index (χ1n) is 10.4. The molecule has 0 radical (unpaired) electrons. The van der Waals surface area contributed by atoms with Gasteiger partial charge in [-0.25, -0.2) is 14.7 Å².